The van der Waals surface area contributed by atoms with Crippen LogP contribution in [0.3, 0.4) is 0 Å². The Morgan fingerprint density at radius 3 is 2.18 bits per heavy atom. The summed E-state index contributed by atoms with van der Waals surface area (Å²) in [6.07, 6.45) is 0.285. The molecule has 0 aliphatic carbocycles. The zero-order valence-electron chi connectivity index (χ0n) is 12.0. The number of rotatable bonds is 4. The molecule has 0 radical (unpaired) electrons. The Labute approximate surface area is 129 Å². The lowest BCUT2D eigenvalue weighted by atomic mass is 9.77. The van der Waals surface area contributed by atoms with Crippen molar-refractivity contribution in [3.8, 4) is 17.9 Å². The van der Waals surface area contributed by atoms with Gasteiger partial charge in [-0.3, -0.25) is 4.79 Å². The topological polar surface area (TPSA) is 61.1 Å². The van der Waals surface area contributed by atoms with Crippen molar-refractivity contribution in [1.82, 2.24) is 0 Å². The van der Waals surface area contributed by atoms with Crippen LogP contribution < -0.4 is 0 Å². The van der Waals surface area contributed by atoms with Crippen LogP contribution >= 0.6 is 0 Å². The molecule has 3 nitrogen and oxygen atoms in total. The highest BCUT2D eigenvalue weighted by molar-refractivity contribution is 5.86. The van der Waals surface area contributed by atoms with E-state index >= 15 is 0 Å². The number of hydrogen-bond donors (Lipinski definition) is 1. The molecule has 0 aliphatic rings. The molecule has 0 aromatic heterocycles. The first kappa shape index (κ1) is 15.4. The average molecular weight is 289 g/mol. The molecule has 2 aromatic rings. The molecule has 0 fully saturated rings. The minimum Gasteiger partial charge on any atom is -0.480 e. The van der Waals surface area contributed by atoms with Gasteiger partial charge in [0.25, 0.3) is 0 Å². The smallest absolute Gasteiger partial charge is 0.326 e. The van der Waals surface area contributed by atoms with E-state index in [1.54, 1.807) is 24.3 Å². The molecule has 0 saturated carbocycles. The van der Waals surface area contributed by atoms with E-state index in [-0.39, 0.29) is 12.8 Å². The Balaban J connectivity index is 2.52. The minimum absolute atomic E-state index is 0.130. The van der Waals surface area contributed by atoms with Crippen LogP contribution in [0.25, 0.3) is 0 Å². The third kappa shape index (κ3) is 3.34. The van der Waals surface area contributed by atoms with Crippen LogP contribution in [-0.4, -0.2) is 11.1 Å². The van der Waals surface area contributed by atoms with Gasteiger partial charge in [0.2, 0.25) is 0 Å². The van der Waals surface area contributed by atoms with Crippen molar-refractivity contribution in [1.29, 1.82) is 5.26 Å². The molecule has 22 heavy (non-hydrogen) atoms. The lowest BCUT2D eigenvalue weighted by Crippen LogP contribution is -2.34. The van der Waals surface area contributed by atoms with Crippen molar-refractivity contribution in [3.63, 3.8) is 0 Å². The molecule has 0 amide bonds. The van der Waals surface area contributed by atoms with Gasteiger partial charge in [0.1, 0.15) is 0 Å². The second-order valence-corrected chi connectivity index (χ2v) is 4.85. The second kappa shape index (κ2) is 7.11. The quantitative estimate of drug-likeness (QED) is 0.878. The van der Waals surface area contributed by atoms with Crippen LogP contribution in [0.4, 0.5) is 0 Å². The van der Waals surface area contributed by atoms with E-state index in [4.69, 9.17) is 5.26 Å². The molecule has 0 spiro atoms. The van der Waals surface area contributed by atoms with Crippen molar-refractivity contribution >= 4 is 5.97 Å². The van der Waals surface area contributed by atoms with E-state index in [1.807, 2.05) is 42.5 Å². The standard InChI is InChI=1S/C19H15NO2/c20-15-7-13-19(18(21)22,17-10-5-2-6-11-17)14-12-16-8-3-1-4-9-16/h1-6,8-11H,7,13H2,(H,21,22). The van der Waals surface area contributed by atoms with Gasteiger partial charge in [-0.05, 0) is 24.1 Å². The Kier molecular flexibility index (Phi) is 4.96. The fraction of sp³-hybridized carbons (Fsp3) is 0.158. The third-order valence-electron chi connectivity index (χ3n) is 3.44. The van der Waals surface area contributed by atoms with E-state index in [1.165, 1.54) is 0 Å². The summed E-state index contributed by atoms with van der Waals surface area (Å²) in [4.78, 5) is 11.9. The Morgan fingerprint density at radius 2 is 1.64 bits per heavy atom. The molecular formula is C19H15NO2. The van der Waals surface area contributed by atoms with Crippen LogP contribution in [0, 0.1) is 23.2 Å². The Bertz CT molecular complexity index is 736. The van der Waals surface area contributed by atoms with Crippen LogP contribution in [0.2, 0.25) is 0 Å². The normalized spacial score (nSPS) is 12.3. The summed E-state index contributed by atoms with van der Waals surface area (Å²) in [6.45, 7) is 0. The number of benzene rings is 2. The lowest BCUT2D eigenvalue weighted by Gasteiger charge is -2.23. The molecule has 0 bridgehead atoms. The van der Waals surface area contributed by atoms with Gasteiger partial charge in [0.05, 0.1) is 6.07 Å². The van der Waals surface area contributed by atoms with Crippen molar-refractivity contribution in [3.05, 3.63) is 71.8 Å². The third-order valence-corrected chi connectivity index (χ3v) is 3.44. The summed E-state index contributed by atoms with van der Waals surface area (Å²) in [5.74, 6) is 4.80. The van der Waals surface area contributed by atoms with Gasteiger partial charge in [0.15, 0.2) is 5.41 Å². The number of carboxylic acids is 1. The van der Waals surface area contributed by atoms with E-state index in [0.29, 0.717) is 5.56 Å². The highest BCUT2D eigenvalue weighted by Crippen LogP contribution is 2.29. The summed E-state index contributed by atoms with van der Waals surface area (Å²) in [7, 11) is 0. The predicted octanol–water partition coefficient (Wildman–Crippen LogP) is 3.36. The van der Waals surface area contributed by atoms with E-state index in [0.717, 1.165) is 5.56 Å². The van der Waals surface area contributed by atoms with Crippen LogP contribution in [0.1, 0.15) is 24.0 Å². The number of nitrogens with zero attached hydrogens (tertiary/aromatic N) is 1. The number of carboxylic acid groups (broad SMARTS) is 1. The first-order valence-corrected chi connectivity index (χ1v) is 6.93. The largest absolute Gasteiger partial charge is 0.480 e. The zero-order chi connectivity index (χ0) is 15.8. The maximum atomic E-state index is 11.9. The lowest BCUT2D eigenvalue weighted by molar-refractivity contribution is -0.141. The summed E-state index contributed by atoms with van der Waals surface area (Å²) in [6, 6.07) is 20.1. The van der Waals surface area contributed by atoms with Crippen LogP contribution in [-0.2, 0) is 10.2 Å². The molecule has 3 heteroatoms. The van der Waals surface area contributed by atoms with E-state index in [9.17, 15) is 9.90 Å². The average Bonchev–Trinajstić information content (AvgIpc) is 2.57. The fourth-order valence-electron chi connectivity index (χ4n) is 2.23. The number of aliphatic carboxylic acids is 1. The maximum Gasteiger partial charge on any atom is 0.326 e. The van der Waals surface area contributed by atoms with Gasteiger partial charge in [-0.2, -0.15) is 5.26 Å². The van der Waals surface area contributed by atoms with E-state index in [2.05, 4.69) is 11.8 Å². The van der Waals surface area contributed by atoms with Gasteiger partial charge in [-0.25, -0.2) is 0 Å². The number of hydrogen-bond acceptors (Lipinski definition) is 2. The molecule has 0 heterocycles. The van der Waals surface area contributed by atoms with E-state index < -0.39 is 11.4 Å². The van der Waals surface area contributed by atoms with Crippen LogP contribution in [0.5, 0.6) is 0 Å². The van der Waals surface area contributed by atoms with Crippen molar-refractivity contribution in [2.45, 2.75) is 18.3 Å². The highest BCUT2D eigenvalue weighted by atomic mass is 16.4. The van der Waals surface area contributed by atoms with Gasteiger partial charge < -0.3 is 5.11 Å². The van der Waals surface area contributed by atoms with Gasteiger partial charge >= 0.3 is 5.97 Å². The molecule has 108 valence electrons. The number of carbonyl (C=O) groups is 1. The van der Waals surface area contributed by atoms with Gasteiger partial charge in [-0.15, -0.1) is 0 Å². The monoisotopic (exact) mass is 289 g/mol. The molecule has 2 rings (SSSR count). The first-order valence-electron chi connectivity index (χ1n) is 6.93. The second-order valence-electron chi connectivity index (χ2n) is 4.85. The predicted molar refractivity (Wildman–Crippen MR) is 83.9 cm³/mol. The van der Waals surface area contributed by atoms with Crippen molar-refractivity contribution < 1.29 is 9.90 Å². The maximum absolute atomic E-state index is 11.9. The molecule has 2 aromatic carbocycles. The summed E-state index contributed by atoms with van der Waals surface area (Å²) in [5.41, 5.74) is -0.0190. The summed E-state index contributed by atoms with van der Waals surface area (Å²) >= 11 is 0. The first-order chi connectivity index (χ1) is 10.7. The molecule has 0 aliphatic heterocycles. The molecule has 0 saturated heterocycles. The SMILES string of the molecule is N#CCCC(C#Cc1ccccc1)(C(=O)O)c1ccccc1. The Morgan fingerprint density at radius 1 is 1.05 bits per heavy atom. The summed E-state index contributed by atoms with van der Waals surface area (Å²) < 4.78 is 0. The van der Waals surface area contributed by atoms with Gasteiger partial charge in [0, 0.05) is 12.0 Å². The molecular weight excluding hydrogens is 274 g/mol. The van der Waals surface area contributed by atoms with Crippen LogP contribution in [0.15, 0.2) is 60.7 Å². The Hall–Kier alpha value is -3.04. The highest BCUT2D eigenvalue weighted by Gasteiger charge is 2.38. The summed E-state index contributed by atoms with van der Waals surface area (Å²) in [5, 5.41) is 18.6. The minimum atomic E-state index is -1.37. The van der Waals surface area contributed by atoms with Gasteiger partial charge in [-0.1, -0.05) is 60.4 Å². The molecule has 1 atom stereocenters. The zero-order valence-corrected chi connectivity index (χ0v) is 12.0. The van der Waals surface area contributed by atoms with Crippen molar-refractivity contribution in [2.24, 2.45) is 0 Å². The van der Waals surface area contributed by atoms with Crippen molar-refractivity contribution in [2.75, 3.05) is 0 Å². The number of nitriles is 1. The fourth-order valence-corrected chi connectivity index (χ4v) is 2.23. The molecule has 1 N–H and O–H groups in total. The molecule has 1 unspecified atom stereocenters.